The van der Waals surface area contributed by atoms with Crippen LogP contribution < -0.4 is 10.6 Å². The number of carbonyl (C=O) groups is 3. The van der Waals surface area contributed by atoms with E-state index in [1.807, 2.05) is 0 Å². The molecule has 0 radical (unpaired) electrons. The molecule has 0 unspecified atom stereocenters. The minimum Gasteiger partial charge on any atom is -0.480 e. The smallest absolute Gasteiger partial charge is 0.326 e. The van der Waals surface area contributed by atoms with Crippen LogP contribution in [0.15, 0.2) is 48.7 Å². The predicted octanol–water partition coefficient (Wildman–Crippen LogP) is 1.28. The van der Waals surface area contributed by atoms with Crippen LogP contribution in [0.5, 0.6) is 0 Å². The molecule has 2 rings (SSSR count). The Morgan fingerprint density at radius 1 is 1.12 bits per heavy atom. The van der Waals surface area contributed by atoms with Gasteiger partial charge in [0.25, 0.3) is 5.91 Å². The monoisotopic (exact) mass is 361 g/mol. The summed E-state index contributed by atoms with van der Waals surface area (Å²) in [6.07, 6.45) is 1.50. The zero-order valence-corrected chi connectivity index (χ0v) is 13.9. The number of aromatic nitrogens is 1. The van der Waals surface area contributed by atoms with Crippen molar-refractivity contribution in [3.8, 4) is 0 Å². The van der Waals surface area contributed by atoms with E-state index in [-0.39, 0.29) is 13.0 Å². The van der Waals surface area contributed by atoms with Gasteiger partial charge in [0.05, 0.1) is 6.54 Å². The van der Waals surface area contributed by atoms with Crippen molar-refractivity contribution >= 4 is 29.4 Å². The molecule has 0 fully saturated rings. The fraction of sp³-hybridized carbons (Fsp3) is 0.176. The van der Waals surface area contributed by atoms with Crippen molar-refractivity contribution in [1.29, 1.82) is 0 Å². The van der Waals surface area contributed by atoms with Gasteiger partial charge >= 0.3 is 5.97 Å². The molecule has 0 saturated heterocycles. The lowest BCUT2D eigenvalue weighted by Crippen LogP contribution is -2.46. The lowest BCUT2D eigenvalue weighted by molar-refractivity contribution is -0.141. The molecule has 1 heterocycles. The van der Waals surface area contributed by atoms with E-state index in [1.54, 1.807) is 36.4 Å². The van der Waals surface area contributed by atoms with Gasteiger partial charge in [-0.15, -0.1) is 0 Å². The molecule has 0 aliphatic heterocycles. The first-order valence-electron chi connectivity index (χ1n) is 7.41. The van der Waals surface area contributed by atoms with Crippen LogP contribution in [0.4, 0.5) is 0 Å². The van der Waals surface area contributed by atoms with E-state index in [1.165, 1.54) is 12.3 Å². The van der Waals surface area contributed by atoms with Crippen molar-refractivity contribution < 1.29 is 19.5 Å². The summed E-state index contributed by atoms with van der Waals surface area (Å²) in [5.74, 6) is -2.19. The molecule has 3 N–H and O–H groups in total. The van der Waals surface area contributed by atoms with E-state index < -0.39 is 23.8 Å². The van der Waals surface area contributed by atoms with Gasteiger partial charge in [-0.3, -0.25) is 9.59 Å². The Balaban J connectivity index is 1.88. The highest BCUT2D eigenvalue weighted by Gasteiger charge is 2.21. The molecule has 0 saturated carbocycles. The number of carbonyl (C=O) groups excluding carboxylic acids is 2. The van der Waals surface area contributed by atoms with Crippen LogP contribution in [-0.4, -0.2) is 40.5 Å². The Bertz CT molecular complexity index is 750. The fourth-order valence-electron chi connectivity index (χ4n) is 2.06. The second-order valence-corrected chi connectivity index (χ2v) is 5.59. The molecule has 0 bridgehead atoms. The van der Waals surface area contributed by atoms with Gasteiger partial charge in [0.15, 0.2) is 0 Å². The third-order valence-electron chi connectivity index (χ3n) is 3.31. The lowest BCUT2D eigenvalue weighted by atomic mass is 10.1. The fourth-order valence-corrected chi connectivity index (χ4v) is 2.17. The number of aliphatic carboxylic acids is 1. The highest BCUT2D eigenvalue weighted by Crippen LogP contribution is 2.07. The van der Waals surface area contributed by atoms with E-state index in [2.05, 4.69) is 15.6 Å². The van der Waals surface area contributed by atoms with Gasteiger partial charge in [-0.2, -0.15) is 0 Å². The average molecular weight is 362 g/mol. The van der Waals surface area contributed by atoms with Crippen LogP contribution in [0.1, 0.15) is 15.9 Å². The predicted molar refractivity (Wildman–Crippen MR) is 91.3 cm³/mol. The molecule has 25 heavy (non-hydrogen) atoms. The van der Waals surface area contributed by atoms with Gasteiger partial charge < -0.3 is 15.7 Å². The SMILES string of the molecule is O=C(CNC(=O)c1ccccc1)N[C@H](Cc1ccc(Cl)nc1)C(=O)O. The molecule has 7 nitrogen and oxygen atoms in total. The van der Waals surface area contributed by atoms with Crippen molar-refractivity contribution in [3.63, 3.8) is 0 Å². The number of amides is 2. The summed E-state index contributed by atoms with van der Waals surface area (Å²) in [5.41, 5.74) is 1.03. The molecule has 0 aliphatic rings. The first-order valence-corrected chi connectivity index (χ1v) is 7.79. The Kier molecular flexibility index (Phi) is 6.47. The van der Waals surface area contributed by atoms with Crippen molar-refractivity contribution in [3.05, 3.63) is 64.9 Å². The maximum atomic E-state index is 11.9. The summed E-state index contributed by atoms with van der Waals surface area (Å²) in [6, 6.07) is 10.4. The van der Waals surface area contributed by atoms with Gasteiger partial charge in [0.2, 0.25) is 5.91 Å². The van der Waals surface area contributed by atoms with Gasteiger partial charge in [0.1, 0.15) is 11.2 Å². The average Bonchev–Trinajstić information content (AvgIpc) is 2.61. The zero-order chi connectivity index (χ0) is 18.2. The van der Waals surface area contributed by atoms with Gasteiger partial charge in [-0.1, -0.05) is 35.9 Å². The number of carboxylic acids is 1. The molecule has 2 amide bonds. The molecule has 0 aliphatic carbocycles. The molecule has 1 aromatic heterocycles. The minimum atomic E-state index is -1.18. The van der Waals surface area contributed by atoms with E-state index in [4.69, 9.17) is 11.6 Å². The van der Waals surface area contributed by atoms with Crippen molar-refractivity contribution in [1.82, 2.24) is 15.6 Å². The van der Waals surface area contributed by atoms with E-state index in [0.29, 0.717) is 16.3 Å². The largest absolute Gasteiger partial charge is 0.480 e. The van der Waals surface area contributed by atoms with Crippen molar-refractivity contribution in [2.75, 3.05) is 6.54 Å². The van der Waals surface area contributed by atoms with Gasteiger partial charge in [-0.25, -0.2) is 9.78 Å². The number of carboxylic acid groups (broad SMARTS) is 1. The quantitative estimate of drug-likeness (QED) is 0.644. The molecule has 130 valence electrons. The number of benzene rings is 1. The Morgan fingerprint density at radius 2 is 1.84 bits per heavy atom. The third-order valence-corrected chi connectivity index (χ3v) is 3.53. The van der Waals surface area contributed by atoms with E-state index in [0.717, 1.165) is 0 Å². The molecule has 1 atom stereocenters. The Labute approximate surface area is 149 Å². The first kappa shape index (κ1) is 18.4. The van der Waals surface area contributed by atoms with Crippen molar-refractivity contribution in [2.24, 2.45) is 0 Å². The molecule has 0 spiro atoms. The van der Waals surface area contributed by atoms with Crippen LogP contribution >= 0.6 is 11.6 Å². The van der Waals surface area contributed by atoms with Crippen LogP contribution in [0.2, 0.25) is 5.15 Å². The maximum Gasteiger partial charge on any atom is 0.326 e. The second kappa shape index (κ2) is 8.79. The van der Waals surface area contributed by atoms with Crippen LogP contribution in [0.3, 0.4) is 0 Å². The van der Waals surface area contributed by atoms with Crippen molar-refractivity contribution in [2.45, 2.75) is 12.5 Å². The normalized spacial score (nSPS) is 11.4. The van der Waals surface area contributed by atoms with Crippen LogP contribution in [-0.2, 0) is 16.0 Å². The van der Waals surface area contributed by atoms with E-state index in [9.17, 15) is 19.5 Å². The summed E-state index contributed by atoms with van der Waals surface area (Å²) < 4.78 is 0. The number of halogens is 1. The van der Waals surface area contributed by atoms with Gasteiger partial charge in [-0.05, 0) is 23.8 Å². The molecule has 2 aromatic rings. The standard InChI is InChI=1S/C17H16ClN3O4/c18-14-7-6-11(9-19-14)8-13(17(24)25)21-15(22)10-20-16(23)12-4-2-1-3-5-12/h1-7,9,13H,8,10H2,(H,20,23)(H,21,22)(H,24,25)/t13-/m1/s1. The Morgan fingerprint density at radius 3 is 2.44 bits per heavy atom. The minimum absolute atomic E-state index is 0.0534. The topological polar surface area (TPSA) is 108 Å². The Hall–Kier alpha value is -2.93. The molecule has 8 heteroatoms. The first-order chi connectivity index (χ1) is 12.0. The summed E-state index contributed by atoms with van der Waals surface area (Å²) in [5, 5.41) is 14.4. The highest BCUT2D eigenvalue weighted by molar-refractivity contribution is 6.29. The molecular weight excluding hydrogens is 346 g/mol. The summed E-state index contributed by atoms with van der Waals surface area (Å²) in [7, 11) is 0. The number of nitrogens with zero attached hydrogens (tertiary/aromatic N) is 1. The lowest BCUT2D eigenvalue weighted by Gasteiger charge is -2.15. The third kappa shape index (κ3) is 5.89. The maximum absolute atomic E-state index is 11.9. The summed E-state index contributed by atoms with van der Waals surface area (Å²) in [4.78, 5) is 39.0. The second-order valence-electron chi connectivity index (χ2n) is 5.20. The van der Waals surface area contributed by atoms with Crippen LogP contribution in [0.25, 0.3) is 0 Å². The van der Waals surface area contributed by atoms with E-state index >= 15 is 0 Å². The number of hydrogen-bond acceptors (Lipinski definition) is 4. The molecule has 1 aromatic carbocycles. The number of pyridine rings is 1. The van der Waals surface area contributed by atoms with Crippen LogP contribution in [0, 0.1) is 0 Å². The number of nitrogens with one attached hydrogen (secondary N) is 2. The highest BCUT2D eigenvalue weighted by atomic mass is 35.5. The molecular formula is C17H16ClN3O4. The van der Waals surface area contributed by atoms with Gasteiger partial charge in [0, 0.05) is 18.2 Å². The number of rotatable bonds is 7. The zero-order valence-electron chi connectivity index (χ0n) is 13.1. The number of hydrogen-bond donors (Lipinski definition) is 3. The summed E-state index contributed by atoms with van der Waals surface area (Å²) in [6.45, 7) is -0.323. The summed E-state index contributed by atoms with van der Waals surface area (Å²) >= 11 is 5.68.